The molecule has 18 heavy (non-hydrogen) atoms. The number of hydrogen-bond acceptors (Lipinski definition) is 5. The third-order valence-corrected chi connectivity index (χ3v) is 2.69. The zero-order valence-electron chi connectivity index (χ0n) is 10.9. The molecule has 0 spiro atoms. The fraction of sp³-hybridized carbons (Fsp3) is 0.667. The summed E-state index contributed by atoms with van der Waals surface area (Å²) in [7, 11) is 0. The number of unbranched alkanes of at least 4 members (excludes halogenated alkanes) is 5. The predicted octanol–water partition coefficient (Wildman–Crippen LogP) is 1.62. The average Bonchev–Trinajstić information content (AvgIpc) is 2.34. The Morgan fingerprint density at radius 3 is 2.56 bits per heavy atom. The molecule has 6 nitrogen and oxygen atoms in total. The fourth-order valence-electron chi connectivity index (χ4n) is 1.64. The van der Waals surface area contributed by atoms with Crippen molar-refractivity contribution < 1.29 is 9.47 Å². The number of rotatable bonds is 8. The third kappa shape index (κ3) is 4.65. The quantitative estimate of drug-likeness (QED) is 0.417. The fourth-order valence-corrected chi connectivity index (χ4v) is 1.64. The monoisotopic (exact) mass is 254 g/mol. The van der Waals surface area contributed by atoms with Crippen LogP contribution in [-0.2, 0) is 0 Å². The third-order valence-electron chi connectivity index (χ3n) is 2.69. The van der Waals surface area contributed by atoms with Crippen molar-refractivity contribution in [3.05, 3.63) is 11.3 Å². The molecule has 0 bridgehead atoms. The van der Waals surface area contributed by atoms with Crippen LogP contribution in [0.4, 0.5) is 11.8 Å². The maximum absolute atomic E-state index is 11.1. The van der Waals surface area contributed by atoms with Crippen LogP contribution in [0.15, 0.2) is 6.07 Å². The van der Waals surface area contributed by atoms with Crippen LogP contribution in [0.5, 0.6) is 5.88 Å². The van der Waals surface area contributed by atoms with E-state index in [1.807, 2.05) is 0 Å². The molecular formula is C12H22N4O2. The second kappa shape index (κ2) is 7.58. The summed E-state index contributed by atoms with van der Waals surface area (Å²) in [5.74, 6) is 0.124. The highest BCUT2D eigenvalue weighted by molar-refractivity contribution is 5.31. The summed E-state index contributed by atoms with van der Waals surface area (Å²) in [6.07, 6.45) is 7.15. The van der Waals surface area contributed by atoms with Gasteiger partial charge in [-0.15, -0.1) is 0 Å². The maximum Gasteiger partial charge on any atom is 0.347 e. The van der Waals surface area contributed by atoms with E-state index in [4.69, 9.17) is 16.2 Å². The summed E-state index contributed by atoms with van der Waals surface area (Å²) in [6.45, 7) is 2.77. The summed E-state index contributed by atoms with van der Waals surface area (Å²) in [5, 5.41) is 11.1. The molecule has 0 radical (unpaired) electrons. The Bertz CT molecular complexity index is 348. The Labute approximate surface area is 108 Å². The van der Waals surface area contributed by atoms with Crippen molar-refractivity contribution in [3.63, 3.8) is 0 Å². The molecule has 1 aromatic rings. The standard InChI is InChI=1S/C12H22N4O2/c1-2-3-4-5-6-7-8-18-11-9-10(13)16(17)12(14)15-11/h9H,2-8,13H2,1H3,(H2,14,15). The van der Waals surface area contributed by atoms with Crippen molar-refractivity contribution in [1.82, 2.24) is 4.98 Å². The lowest BCUT2D eigenvalue weighted by molar-refractivity contribution is -0.577. The molecule has 102 valence electrons. The van der Waals surface area contributed by atoms with E-state index in [1.165, 1.54) is 31.7 Å². The number of aromatic nitrogens is 2. The van der Waals surface area contributed by atoms with Crippen molar-refractivity contribution in [2.45, 2.75) is 45.4 Å². The van der Waals surface area contributed by atoms with Gasteiger partial charge in [-0.1, -0.05) is 44.0 Å². The van der Waals surface area contributed by atoms with Crippen molar-refractivity contribution in [2.24, 2.45) is 0 Å². The number of anilines is 2. The molecule has 4 N–H and O–H groups in total. The molecule has 0 aromatic carbocycles. The minimum Gasteiger partial charge on any atom is -0.754 e. The summed E-state index contributed by atoms with van der Waals surface area (Å²) < 4.78 is 5.78. The molecule has 0 unspecified atom stereocenters. The highest BCUT2D eigenvalue weighted by Crippen LogP contribution is 2.11. The second-order valence-electron chi connectivity index (χ2n) is 4.29. The van der Waals surface area contributed by atoms with Crippen LogP contribution in [0.1, 0.15) is 45.4 Å². The number of nitrogens with two attached hydrogens (primary N) is 2. The van der Waals surface area contributed by atoms with Crippen LogP contribution in [0.2, 0.25) is 0 Å². The molecular weight excluding hydrogens is 232 g/mol. The second-order valence-corrected chi connectivity index (χ2v) is 4.29. The molecule has 1 aromatic heterocycles. The largest absolute Gasteiger partial charge is 0.754 e. The molecule has 0 saturated heterocycles. The molecule has 0 atom stereocenters. The number of nitrogen functional groups attached to an aromatic ring is 2. The first-order valence-electron chi connectivity index (χ1n) is 6.43. The lowest BCUT2D eigenvalue weighted by Gasteiger charge is -2.10. The number of ether oxygens (including phenoxy) is 1. The molecule has 0 saturated carbocycles. The summed E-state index contributed by atoms with van der Waals surface area (Å²) in [6, 6.07) is 1.39. The summed E-state index contributed by atoms with van der Waals surface area (Å²) >= 11 is 0. The first-order valence-corrected chi connectivity index (χ1v) is 6.43. The molecule has 0 aliphatic heterocycles. The van der Waals surface area contributed by atoms with Crippen molar-refractivity contribution in [2.75, 3.05) is 18.1 Å². The Morgan fingerprint density at radius 2 is 1.89 bits per heavy atom. The van der Waals surface area contributed by atoms with E-state index < -0.39 is 0 Å². The van der Waals surface area contributed by atoms with Crippen LogP contribution in [0.25, 0.3) is 0 Å². The molecule has 0 aliphatic carbocycles. The van der Waals surface area contributed by atoms with E-state index in [2.05, 4.69) is 11.9 Å². The molecule has 1 rings (SSSR count). The van der Waals surface area contributed by atoms with Gasteiger partial charge in [0.2, 0.25) is 0 Å². The lowest BCUT2D eigenvalue weighted by atomic mass is 10.1. The Balaban J connectivity index is 2.23. The number of hydrogen-bond donors (Lipinski definition) is 2. The van der Waals surface area contributed by atoms with Crippen LogP contribution in [0.3, 0.4) is 0 Å². The van der Waals surface area contributed by atoms with E-state index >= 15 is 0 Å². The van der Waals surface area contributed by atoms with Gasteiger partial charge in [0.15, 0.2) is 5.82 Å². The van der Waals surface area contributed by atoms with Gasteiger partial charge < -0.3 is 21.4 Å². The number of nitrogens with zero attached hydrogens (tertiary/aromatic N) is 2. The zero-order valence-corrected chi connectivity index (χ0v) is 10.9. The van der Waals surface area contributed by atoms with Crippen molar-refractivity contribution >= 4 is 11.8 Å². The highest BCUT2D eigenvalue weighted by atomic mass is 16.5. The van der Waals surface area contributed by atoms with Gasteiger partial charge in [-0.05, 0) is 6.42 Å². The minimum absolute atomic E-state index is 0.000413. The topological polar surface area (TPSA) is 101 Å². The van der Waals surface area contributed by atoms with Gasteiger partial charge in [0, 0.05) is 0 Å². The minimum atomic E-state index is -0.187. The van der Waals surface area contributed by atoms with Gasteiger partial charge in [0.25, 0.3) is 5.88 Å². The first kappa shape index (κ1) is 14.3. The van der Waals surface area contributed by atoms with Crippen LogP contribution < -0.4 is 20.9 Å². The lowest BCUT2D eigenvalue weighted by Crippen LogP contribution is -2.35. The van der Waals surface area contributed by atoms with Gasteiger partial charge in [-0.25, -0.2) is 4.73 Å². The smallest absolute Gasteiger partial charge is 0.347 e. The SMILES string of the molecule is CCCCCCCCOc1cc(N)[n+]([O-])c(N)n1. The molecule has 0 fully saturated rings. The zero-order chi connectivity index (χ0) is 13.4. The molecule has 0 amide bonds. The molecule has 1 heterocycles. The highest BCUT2D eigenvalue weighted by Gasteiger charge is 2.08. The Morgan fingerprint density at radius 1 is 1.22 bits per heavy atom. The van der Waals surface area contributed by atoms with Gasteiger partial charge in [0.05, 0.1) is 12.7 Å². The predicted molar refractivity (Wildman–Crippen MR) is 70.9 cm³/mol. The Hall–Kier alpha value is -1.72. The van der Waals surface area contributed by atoms with E-state index in [1.54, 1.807) is 0 Å². The normalized spacial score (nSPS) is 10.5. The average molecular weight is 254 g/mol. The summed E-state index contributed by atoms with van der Waals surface area (Å²) in [5.41, 5.74) is 10.8. The van der Waals surface area contributed by atoms with Crippen molar-refractivity contribution in [3.8, 4) is 5.88 Å². The molecule has 0 aliphatic rings. The Kier molecular flexibility index (Phi) is 6.04. The van der Waals surface area contributed by atoms with Gasteiger partial charge in [-0.2, -0.15) is 0 Å². The first-order chi connectivity index (χ1) is 8.65. The van der Waals surface area contributed by atoms with Crippen LogP contribution in [-0.4, -0.2) is 11.6 Å². The van der Waals surface area contributed by atoms with Gasteiger partial charge in [-0.3, -0.25) is 0 Å². The van der Waals surface area contributed by atoms with E-state index in [0.29, 0.717) is 17.2 Å². The van der Waals surface area contributed by atoms with Gasteiger partial charge in [0.1, 0.15) is 0 Å². The maximum atomic E-state index is 11.1. The van der Waals surface area contributed by atoms with Gasteiger partial charge >= 0.3 is 5.95 Å². The molecule has 6 heteroatoms. The van der Waals surface area contributed by atoms with Crippen LogP contribution in [0, 0.1) is 5.21 Å². The van der Waals surface area contributed by atoms with Crippen LogP contribution >= 0.6 is 0 Å². The summed E-state index contributed by atoms with van der Waals surface area (Å²) in [4.78, 5) is 3.81. The van der Waals surface area contributed by atoms with E-state index in [-0.39, 0.29) is 11.8 Å². The van der Waals surface area contributed by atoms with E-state index in [9.17, 15) is 5.21 Å². The van der Waals surface area contributed by atoms with Crippen molar-refractivity contribution in [1.29, 1.82) is 0 Å². The van der Waals surface area contributed by atoms with E-state index in [0.717, 1.165) is 12.8 Å².